The molecule has 0 aliphatic rings. The Morgan fingerprint density at radius 1 is 1.12 bits per heavy atom. The summed E-state index contributed by atoms with van der Waals surface area (Å²) in [7, 11) is 1.60. The van der Waals surface area contributed by atoms with Gasteiger partial charge in [0.15, 0.2) is 0 Å². The van der Waals surface area contributed by atoms with Gasteiger partial charge in [-0.25, -0.2) is 4.79 Å². The SMILES string of the molecule is COc1ccc(/C=C/C(O)(C/C=C/C(=O)O)c2ccccc2)cc1. The van der Waals surface area contributed by atoms with Crippen molar-refractivity contribution in [3.8, 4) is 5.75 Å². The lowest BCUT2D eigenvalue weighted by Crippen LogP contribution is -2.22. The van der Waals surface area contributed by atoms with Crippen LogP contribution in [0.3, 0.4) is 0 Å². The van der Waals surface area contributed by atoms with Gasteiger partial charge in [-0.2, -0.15) is 0 Å². The highest BCUT2D eigenvalue weighted by Gasteiger charge is 2.24. The zero-order valence-corrected chi connectivity index (χ0v) is 13.4. The molecule has 0 saturated carbocycles. The molecule has 2 rings (SSSR count). The molecule has 1 unspecified atom stereocenters. The monoisotopic (exact) mass is 324 g/mol. The van der Waals surface area contributed by atoms with Crippen molar-refractivity contribution >= 4 is 12.0 Å². The van der Waals surface area contributed by atoms with Crippen molar-refractivity contribution in [2.75, 3.05) is 7.11 Å². The van der Waals surface area contributed by atoms with Crippen molar-refractivity contribution in [3.05, 3.63) is 84.0 Å². The Morgan fingerprint density at radius 3 is 2.38 bits per heavy atom. The smallest absolute Gasteiger partial charge is 0.327 e. The van der Waals surface area contributed by atoms with E-state index in [0.717, 1.165) is 17.4 Å². The van der Waals surface area contributed by atoms with Crippen LogP contribution in [0.4, 0.5) is 0 Å². The van der Waals surface area contributed by atoms with Crippen molar-refractivity contribution in [2.45, 2.75) is 12.0 Å². The zero-order chi connectivity index (χ0) is 17.4. The average molecular weight is 324 g/mol. The number of aliphatic hydroxyl groups is 1. The molecule has 4 heteroatoms. The molecule has 0 amide bonds. The van der Waals surface area contributed by atoms with Gasteiger partial charge in [0, 0.05) is 12.5 Å². The number of hydrogen-bond donors (Lipinski definition) is 2. The summed E-state index contributed by atoms with van der Waals surface area (Å²) in [4.78, 5) is 10.7. The van der Waals surface area contributed by atoms with Gasteiger partial charge < -0.3 is 14.9 Å². The number of ether oxygens (including phenoxy) is 1. The molecule has 4 nitrogen and oxygen atoms in total. The Kier molecular flexibility index (Phi) is 5.93. The molecule has 0 fully saturated rings. The molecule has 2 aromatic carbocycles. The van der Waals surface area contributed by atoms with Crippen LogP contribution in [0.25, 0.3) is 6.08 Å². The second kappa shape index (κ2) is 8.13. The molecule has 2 N–H and O–H groups in total. The Labute approximate surface area is 141 Å². The van der Waals surface area contributed by atoms with Crippen LogP contribution < -0.4 is 4.74 Å². The van der Waals surface area contributed by atoms with Crippen LogP contribution in [-0.2, 0) is 10.4 Å². The third-order valence-corrected chi connectivity index (χ3v) is 3.63. The zero-order valence-electron chi connectivity index (χ0n) is 13.4. The molecule has 0 bridgehead atoms. The summed E-state index contributed by atoms with van der Waals surface area (Å²) in [5.74, 6) is -0.278. The number of carboxylic acids is 1. The van der Waals surface area contributed by atoms with Crippen LogP contribution in [0.2, 0.25) is 0 Å². The van der Waals surface area contributed by atoms with Gasteiger partial charge in [-0.3, -0.25) is 0 Å². The van der Waals surface area contributed by atoms with Gasteiger partial charge in [0.05, 0.1) is 7.11 Å². The normalized spacial score (nSPS) is 13.9. The Morgan fingerprint density at radius 2 is 1.79 bits per heavy atom. The third kappa shape index (κ3) is 4.83. The summed E-state index contributed by atoms with van der Waals surface area (Å²) in [5, 5.41) is 19.7. The molecule has 0 heterocycles. The Bertz CT molecular complexity index is 717. The number of carboxylic acid groups (broad SMARTS) is 1. The maximum atomic E-state index is 11.0. The number of methoxy groups -OCH3 is 1. The van der Waals surface area contributed by atoms with Crippen LogP contribution >= 0.6 is 0 Å². The fourth-order valence-electron chi connectivity index (χ4n) is 2.30. The molecule has 124 valence electrons. The number of rotatable bonds is 7. The molecule has 0 aliphatic heterocycles. The molecule has 0 aromatic heterocycles. The maximum Gasteiger partial charge on any atom is 0.327 e. The summed E-state index contributed by atoms with van der Waals surface area (Å²) < 4.78 is 5.12. The van der Waals surface area contributed by atoms with E-state index < -0.39 is 11.6 Å². The fourth-order valence-corrected chi connectivity index (χ4v) is 2.30. The summed E-state index contributed by atoms with van der Waals surface area (Å²) in [6, 6.07) is 16.6. The molecule has 0 saturated heterocycles. The third-order valence-electron chi connectivity index (χ3n) is 3.63. The first-order valence-electron chi connectivity index (χ1n) is 7.54. The van der Waals surface area contributed by atoms with Gasteiger partial charge in [-0.15, -0.1) is 0 Å². The minimum absolute atomic E-state index is 0.163. The fraction of sp³-hybridized carbons (Fsp3) is 0.150. The first-order chi connectivity index (χ1) is 11.5. The predicted octanol–water partition coefficient (Wildman–Crippen LogP) is 3.63. The Hall–Kier alpha value is -2.85. The number of aliphatic carboxylic acids is 1. The van der Waals surface area contributed by atoms with Gasteiger partial charge in [0.2, 0.25) is 0 Å². The van der Waals surface area contributed by atoms with E-state index in [-0.39, 0.29) is 6.42 Å². The topological polar surface area (TPSA) is 66.8 Å². The highest BCUT2D eigenvalue weighted by Crippen LogP contribution is 2.28. The second-order valence-electron chi connectivity index (χ2n) is 5.34. The highest BCUT2D eigenvalue weighted by atomic mass is 16.5. The van der Waals surface area contributed by atoms with E-state index in [9.17, 15) is 9.90 Å². The lowest BCUT2D eigenvalue weighted by molar-refractivity contribution is -0.131. The van der Waals surface area contributed by atoms with Crippen LogP contribution in [0.5, 0.6) is 5.75 Å². The number of benzene rings is 2. The molecular formula is C20H20O4. The Balaban J connectivity index is 2.27. The van der Waals surface area contributed by atoms with E-state index in [1.807, 2.05) is 54.6 Å². The first kappa shape index (κ1) is 17.5. The molecule has 1 atom stereocenters. The number of hydrogen-bond acceptors (Lipinski definition) is 3. The molecule has 0 spiro atoms. The minimum atomic E-state index is -1.28. The van der Waals surface area contributed by atoms with E-state index in [0.29, 0.717) is 5.56 Å². The molecule has 24 heavy (non-hydrogen) atoms. The molecule has 0 aliphatic carbocycles. The summed E-state index contributed by atoms with van der Waals surface area (Å²) >= 11 is 0. The summed E-state index contributed by atoms with van der Waals surface area (Å²) in [5.41, 5.74) is 0.324. The average Bonchev–Trinajstić information content (AvgIpc) is 2.61. The van der Waals surface area contributed by atoms with Crippen LogP contribution in [-0.4, -0.2) is 23.3 Å². The predicted molar refractivity (Wildman–Crippen MR) is 93.8 cm³/mol. The van der Waals surface area contributed by atoms with E-state index >= 15 is 0 Å². The second-order valence-corrected chi connectivity index (χ2v) is 5.34. The van der Waals surface area contributed by atoms with E-state index in [4.69, 9.17) is 9.84 Å². The summed E-state index contributed by atoms with van der Waals surface area (Å²) in [6.45, 7) is 0. The van der Waals surface area contributed by atoms with Crippen molar-refractivity contribution in [1.82, 2.24) is 0 Å². The van der Waals surface area contributed by atoms with E-state index in [1.165, 1.54) is 6.08 Å². The van der Waals surface area contributed by atoms with Crippen molar-refractivity contribution < 1.29 is 19.7 Å². The lowest BCUT2D eigenvalue weighted by atomic mass is 9.89. The van der Waals surface area contributed by atoms with Gasteiger partial charge in [-0.1, -0.05) is 54.6 Å². The van der Waals surface area contributed by atoms with Crippen molar-refractivity contribution in [2.24, 2.45) is 0 Å². The van der Waals surface area contributed by atoms with Crippen molar-refractivity contribution in [3.63, 3.8) is 0 Å². The largest absolute Gasteiger partial charge is 0.497 e. The van der Waals surface area contributed by atoms with Crippen LogP contribution in [0.15, 0.2) is 72.8 Å². The van der Waals surface area contributed by atoms with Gasteiger partial charge in [0.25, 0.3) is 0 Å². The first-order valence-corrected chi connectivity index (χ1v) is 7.54. The standard InChI is InChI=1S/C20H20O4/c1-24-18-11-9-16(10-12-18)13-15-20(23,14-5-8-19(21)22)17-6-3-2-4-7-17/h2-13,15,23H,14H2,1H3,(H,21,22)/b8-5+,15-13+. The van der Waals surface area contributed by atoms with Gasteiger partial charge in [0.1, 0.15) is 11.4 Å². The highest BCUT2D eigenvalue weighted by molar-refractivity contribution is 5.79. The van der Waals surface area contributed by atoms with Crippen molar-refractivity contribution in [1.29, 1.82) is 0 Å². The quantitative estimate of drug-likeness (QED) is 0.763. The number of carbonyl (C=O) groups is 1. The molecule has 0 radical (unpaired) electrons. The van der Waals surface area contributed by atoms with E-state index in [1.54, 1.807) is 19.3 Å². The van der Waals surface area contributed by atoms with E-state index in [2.05, 4.69) is 0 Å². The maximum absolute atomic E-state index is 11.0. The summed E-state index contributed by atoms with van der Waals surface area (Å²) in [6.07, 6.45) is 6.14. The minimum Gasteiger partial charge on any atom is -0.497 e. The lowest BCUT2D eigenvalue weighted by Gasteiger charge is -2.24. The van der Waals surface area contributed by atoms with Gasteiger partial charge in [-0.05, 0) is 29.3 Å². The van der Waals surface area contributed by atoms with Crippen LogP contribution in [0.1, 0.15) is 17.5 Å². The molecule has 2 aromatic rings. The van der Waals surface area contributed by atoms with Crippen LogP contribution in [0, 0.1) is 0 Å². The van der Waals surface area contributed by atoms with Gasteiger partial charge >= 0.3 is 5.97 Å². The molecular weight excluding hydrogens is 304 g/mol.